The van der Waals surface area contributed by atoms with Crippen molar-refractivity contribution in [1.82, 2.24) is 10.6 Å². The van der Waals surface area contributed by atoms with E-state index in [4.69, 9.17) is 4.74 Å². The first-order valence-electron chi connectivity index (χ1n) is 9.33. The van der Waals surface area contributed by atoms with Gasteiger partial charge >= 0.3 is 0 Å². The highest BCUT2D eigenvalue weighted by molar-refractivity contribution is 6.34. The van der Waals surface area contributed by atoms with Crippen LogP contribution in [0.5, 0.6) is 5.75 Å². The van der Waals surface area contributed by atoms with Gasteiger partial charge in [-0.05, 0) is 49.4 Å². The third kappa shape index (κ3) is 3.97. The summed E-state index contributed by atoms with van der Waals surface area (Å²) in [5, 5.41) is 6.03. The predicted molar refractivity (Wildman–Crippen MR) is 111 cm³/mol. The van der Waals surface area contributed by atoms with Gasteiger partial charge in [0.05, 0.1) is 23.4 Å². The molecule has 4 rings (SSSR count). The largest absolute Gasteiger partial charge is 0.494 e. The molecule has 2 aromatic rings. The summed E-state index contributed by atoms with van der Waals surface area (Å²) in [6.45, 7) is 4.81. The van der Waals surface area contributed by atoms with E-state index >= 15 is 0 Å². The molecule has 0 spiro atoms. The van der Waals surface area contributed by atoms with Crippen molar-refractivity contribution in [3.63, 3.8) is 0 Å². The molecule has 0 unspecified atom stereocenters. The van der Waals surface area contributed by atoms with Crippen LogP contribution < -0.4 is 20.3 Å². The number of anilines is 1. The van der Waals surface area contributed by atoms with Crippen molar-refractivity contribution in [2.75, 3.05) is 31.1 Å². The SMILES string of the molecule is CCOc1ccc(N2C(=O)c3ccc(C(=O)NCC4CNC4)cc3C2=O)cc1.Cl. The molecule has 8 heteroatoms. The monoisotopic (exact) mass is 415 g/mol. The van der Waals surface area contributed by atoms with Gasteiger partial charge in [0.15, 0.2) is 0 Å². The van der Waals surface area contributed by atoms with Gasteiger partial charge in [0, 0.05) is 31.1 Å². The Morgan fingerprint density at radius 3 is 2.41 bits per heavy atom. The second-order valence-corrected chi connectivity index (χ2v) is 6.87. The van der Waals surface area contributed by atoms with Crippen molar-refractivity contribution in [3.05, 3.63) is 59.2 Å². The summed E-state index contributed by atoms with van der Waals surface area (Å²) in [5.41, 5.74) is 1.40. The number of hydrogen-bond acceptors (Lipinski definition) is 5. The average molecular weight is 416 g/mol. The van der Waals surface area contributed by atoms with Gasteiger partial charge in [-0.1, -0.05) is 0 Å². The molecule has 2 aromatic carbocycles. The Labute approximate surface area is 174 Å². The van der Waals surface area contributed by atoms with Gasteiger partial charge in [-0.15, -0.1) is 12.4 Å². The third-order valence-corrected chi connectivity index (χ3v) is 4.97. The molecule has 152 valence electrons. The number of carbonyl (C=O) groups excluding carboxylic acids is 3. The number of amides is 3. The minimum Gasteiger partial charge on any atom is -0.494 e. The van der Waals surface area contributed by atoms with Crippen molar-refractivity contribution in [1.29, 1.82) is 0 Å². The summed E-state index contributed by atoms with van der Waals surface area (Å²) in [6, 6.07) is 11.4. The fourth-order valence-electron chi connectivity index (χ4n) is 3.31. The summed E-state index contributed by atoms with van der Waals surface area (Å²) in [4.78, 5) is 39.1. The molecular formula is C21H22ClN3O4. The maximum atomic E-state index is 12.8. The zero-order valence-corrected chi connectivity index (χ0v) is 16.8. The third-order valence-electron chi connectivity index (χ3n) is 4.97. The van der Waals surface area contributed by atoms with Crippen LogP contribution >= 0.6 is 12.4 Å². The van der Waals surface area contributed by atoms with Crippen molar-refractivity contribution >= 4 is 35.8 Å². The molecule has 2 aliphatic heterocycles. The topological polar surface area (TPSA) is 87.7 Å². The van der Waals surface area contributed by atoms with Crippen LogP contribution in [0.2, 0.25) is 0 Å². The first kappa shape index (κ1) is 20.8. The van der Waals surface area contributed by atoms with Crippen LogP contribution in [-0.2, 0) is 0 Å². The van der Waals surface area contributed by atoms with Crippen molar-refractivity contribution in [2.45, 2.75) is 6.92 Å². The maximum absolute atomic E-state index is 12.8. The zero-order chi connectivity index (χ0) is 19.7. The number of halogens is 1. The molecule has 7 nitrogen and oxygen atoms in total. The van der Waals surface area contributed by atoms with Crippen LogP contribution in [0.4, 0.5) is 5.69 Å². The Kier molecular flexibility index (Phi) is 6.20. The molecule has 29 heavy (non-hydrogen) atoms. The normalized spacial score (nSPS) is 15.4. The Hall–Kier alpha value is -2.90. The second kappa shape index (κ2) is 8.63. The average Bonchev–Trinajstić information content (AvgIpc) is 2.91. The van der Waals surface area contributed by atoms with Crippen LogP contribution in [0.25, 0.3) is 0 Å². The van der Waals surface area contributed by atoms with E-state index < -0.39 is 11.8 Å². The molecular weight excluding hydrogens is 394 g/mol. The number of fused-ring (bicyclic) bond motifs is 1. The predicted octanol–water partition coefficient (Wildman–Crippen LogP) is 2.26. The number of rotatable bonds is 6. The molecule has 2 aliphatic rings. The minimum absolute atomic E-state index is 0. The van der Waals surface area contributed by atoms with Gasteiger partial charge in [0.25, 0.3) is 17.7 Å². The number of nitrogens with one attached hydrogen (secondary N) is 2. The fraction of sp³-hybridized carbons (Fsp3) is 0.286. The standard InChI is InChI=1S/C21H21N3O4.ClH/c1-2-28-16-6-4-15(5-7-16)24-20(26)17-8-3-14(9-18(17)21(24)27)19(25)23-12-13-10-22-11-13;/h3-9,13,22H,2,10-12H2,1H3,(H,23,25);1H. The van der Waals surface area contributed by atoms with Crippen LogP contribution in [-0.4, -0.2) is 44.0 Å². The van der Waals surface area contributed by atoms with Gasteiger partial charge in [-0.25, -0.2) is 4.90 Å². The molecule has 0 radical (unpaired) electrons. The molecule has 2 N–H and O–H groups in total. The molecule has 0 saturated carbocycles. The summed E-state index contributed by atoms with van der Waals surface area (Å²) in [6.07, 6.45) is 0. The van der Waals surface area contributed by atoms with Crippen LogP contribution in [0.15, 0.2) is 42.5 Å². The summed E-state index contributed by atoms with van der Waals surface area (Å²) < 4.78 is 5.40. The van der Waals surface area contributed by atoms with Gasteiger partial charge in [0.2, 0.25) is 0 Å². The van der Waals surface area contributed by atoms with Crippen LogP contribution in [0, 0.1) is 5.92 Å². The Morgan fingerprint density at radius 2 is 1.79 bits per heavy atom. The lowest BCUT2D eigenvalue weighted by Gasteiger charge is -2.27. The smallest absolute Gasteiger partial charge is 0.266 e. The van der Waals surface area contributed by atoms with Crippen molar-refractivity contribution < 1.29 is 19.1 Å². The van der Waals surface area contributed by atoms with Gasteiger partial charge in [-0.3, -0.25) is 14.4 Å². The fourth-order valence-corrected chi connectivity index (χ4v) is 3.31. The molecule has 0 bridgehead atoms. The Morgan fingerprint density at radius 1 is 1.10 bits per heavy atom. The maximum Gasteiger partial charge on any atom is 0.266 e. The lowest BCUT2D eigenvalue weighted by Crippen LogP contribution is -2.48. The minimum atomic E-state index is -0.429. The Bertz CT molecular complexity index is 941. The van der Waals surface area contributed by atoms with Crippen molar-refractivity contribution in [2.24, 2.45) is 5.92 Å². The molecule has 1 fully saturated rings. The van der Waals surface area contributed by atoms with Crippen LogP contribution in [0.1, 0.15) is 38.0 Å². The summed E-state index contributed by atoms with van der Waals surface area (Å²) in [7, 11) is 0. The molecule has 0 aromatic heterocycles. The number of benzene rings is 2. The number of ether oxygens (including phenoxy) is 1. The van der Waals surface area contributed by atoms with Crippen LogP contribution in [0.3, 0.4) is 0 Å². The number of carbonyl (C=O) groups is 3. The second-order valence-electron chi connectivity index (χ2n) is 6.87. The highest BCUT2D eigenvalue weighted by Gasteiger charge is 2.37. The number of nitrogens with zero attached hydrogens (tertiary/aromatic N) is 1. The number of imide groups is 1. The van der Waals surface area contributed by atoms with E-state index in [1.54, 1.807) is 36.4 Å². The lowest BCUT2D eigenvalue weighted by atomic mass is 10.0. The zero-order valence-electron chi connectivity index (χ0n) is 15.9. The van der Waals surface area contributed by atoms with E-state index in [1.807, 2.05) is 6.92 Å². The van der Waals surface area contributed by atoms with Gasteiger partial charge < -0.3 is 15.4 Å². The van der Waals surface area contributed by atoms with E-state index in [2.05, 4.69) is 10.6 Å². The molecule has 3 amide bonds. The summed E-state index contributed by atoms with van der Waals surface area (Å²) >= 11 is 0. The molecule has 1 saturated heterocycles. The van der Waals surface area contributed by atoms with Gasteiger partial charge in [0.1, 0.15) is 5.75 Å². The first-order valence-corrected chi connectivity index (χ1v) is 9.33. The quantitative estimate of drug-likeness (QED) is 0.706. The first-order chi connectivity index (χ1) is 13.6. The molecule has 2 heterocycles. The highest BCUT2D eigenvalue weighted by atomic mass is 35.5. The summed E-state index contributed by atoms with van der Waals surface area (Å²) in [5.74, 6) is 0.0494. The highest BCUT2D eigenvalue weighted by Crippen LogP contribution is 2.30. The van der Waals surface area contributed by atoms with Gasteiger partial charge in [-0.2, -0.15) is 0 Å². The Balaban J connectivity index is 0.00000240. The van der Waals surface area contributed by atoms with E-state index in [0.29, 0.717) is 41.6 Å². The van der Waals surface area contributed by atoms with E-state index in [9.17, 15) is 14.4 Å². The molecule has 0 aliphatic carbocycles. The number of hydrogen-bond donors (Lipinski definition) is 2. The van der Waals surface area contributed by atoms with E-state index in [-0.39, 0.29) is 23.9 Å². The van der Waals surface area contributed by atoms with E-state index in [0.717, 1.165) is 18.0 Å². The molecule has 0 atom stereocenters. The van der Waals surface area contributed by atoms with E-state index in [1.165, 1.54) is 6.07 Å². The lowest BCUT2D eigenvalue weighted by molar-refractivity contribution is 0.0922. The van der Waals surface area contributed by atoms with Crippen molar-refractivity contribution in [3.8, 4) is 5.75 Å².